The number of rotatable bonds is 2. The lowest BCUT2D eigenvalue weighted by Crippen LogP contribution is -2.26. The fourth-order valence-electron chi connectivity index (χ4n) is 2.82. The van der Waals surface area contributed by atoms with Crippen LogP contribution in [0.5, 0.6) is 0 Å². The molecule has 1 aromatic heterocycles. The number of fused-ring (bicyclic) bond motifs is 1. The SMILES string of the molecule is C[C@@H]1CCCN1c1ccc2nccc(C(=O)O)c2c1. The molecule has 1 N–H and O–H groups in total. The molecule has 0 amide bonds. The van der Waals surface area contributed by atoms with E-state index in [4.69, 9.17) is 0 Å². The van der Waals surface area contributed by atoms with Crippen molar-refractivity contribution in [2.24, 2.45) is 0 Å². The number of carbonyl (C=O) groups is 1. The van der Waals surface area contributed by atoms with Crippen molar-refractivity contribution >= 4 is 22.6 Å². The third-order valence-corrected chi connectivity index (χ3v) is 3.84. The Morgan fingerprint density at radius 1 is 1.42 bits per heavy atom. The smallest absolute Gasteiger partial charge is 0.336 e. The van der Waals surface area contributed by atoms with Crippen molar-refractivity contribution in [1.82, 2.24) is 4.98 Å². The Kier molecular flexibility index (Phi) is 2.85. The summed E-state index contributed by atoms with van der Waals surface area (Å²) in [6, 6.07) is 7.96. The highest BCUT2D eigenvalue weighted by atomic mass is 16.4. The lowest BCUT2D eigenvalue weighted by molar-refractivity contribution is 0.0699. The van der Waals surface area contributed by atoms with Crippen LogP contribution in [0.4, 0.5) is 5.69 Å². The fraction of sp³-hybridized carbons (Fsp3) is 0.333. The lowest BCUT2D eigenvalue weighted by Gasteiger charge is -2.24. The Labute approximate surface area is 111 Å². The number of pyridine rings is 1. The Bertz CT molecular complexity index is 639. The van der Waals surface area contributed by atoms with Gasteiger partial charge in [-0.15, -0.1) is 0 Å². The van der Waals surface area contributed by atoms with Crippen LogP contribution in [-0.2, 0) is 0 Å². The molecule has 0 spiro atoms. The molecule has 1 saturated heterocycles. The van der Waals surface area contributed by atoms with E-state index in [0.29, 0.717) is 17.0 Å². The van der Waals surface area contributed by atoms with Gasteiger partial charge in [0.2, 0.25) is 0 Å². The average molecular weight is 256 g/mol. The molecule has 0 bridgehead atoms. The number of aromatic carboxylic acids is 1. The van der Waals surface area contributed by atoms with E-state index in [-0.39, 0.29) is 0 Å². The molecule has 98 valence electrons. The Hall–Kier alpha value is -2.10. The summed E-state index contributed by atoms with van der Waals surface area (Å²) in [6.45, 7) is 3.24. The van der Waals surface area contributed by atoms with Crippen LogP contribution in [0.15, 0.2) is 30.5 Å². The summed E-state index contributed by atoms with van der Waals surface area (Å²) in [5, 5.41) is 9.96. The monoisotopic (exact) mass is 256 g/mol. The van der Waals surface area contributed by atoms with E-state index in [1.54, 1.807) is 12.3 Å². The molecule has 0 unspecified atom stereocenters. The minimum atomic E-state index is -0.904. The number of aromatic nitrogens is 1. The maximum absolute atomic E-state index is 11.3. The van der Waals surface area contributed by atoms with E-state index < -0.39 is 5.97 Å². The highest BCUT2D eigenvalue weighted by Gasteiger charge is 2.21. The topological polar surface area (TPSA) is 53.4 Å². The zero-order valence-electron chi connectivity index (χ0n) is 10.8. The van der Waals surface area contributed by atoms with E-state index in [2.05, 4.69) is 16.8 Å². The second kappa shape index (κ2) is 4.53. The quantitative estimate of drug-likeness (QED) is 0.897. The second-order valence-electron chi connectivity index (χ2n) is 5.05. The van der Waals surface area contributed by atoms with E-state index >= 15 is 0 Å². The highest BCUT2D eigenvalue weighted by molar-refractivity contribution is 6.03. The van der Waals surface area contributed by atoms with Gasteiger partial charge < -0.3 is 10.0 Å². The van der Waals surface area contributed by atoms with Crippen molar-refractivity contribution in [3.05, 3.63) is 36.0 Å². The molecule has 4 heteroatoms. The number of nitrogens with zero attached hydrogens (tertiary/aromatic N) is 2. The van der Waals surface area contributed by atoms with Crippen molar-refractivity contribution < 1.29 is 9.90 Å². The molecule has 1 aliphatic heterocycles. The number of carboxylic acids is 1. The molecular weight excluding hydrogens is 240 g/mol. The maximum Gasteiger partial charge on any atom is 0.336 e. The minimum Gasteiger partial charge on any atom is -0.478 e. The average Bonchev–Trinajstić information content (AvgIpc) is 2.83. The van der Waals surface area contributed by atoms with Crippen LogP contribution < -0.4 is 4.90 Å². The molecular formula is C15H16N2O2. The molecule has 2 heterocycles. The standard InChI is InChI=1S/C15H16N2O2/c1-10-3-2-8-17(10)11-4-5-14-13(9-11)12(15(18)19)6-7-16-14/h4-7,9-10H,2-3,8H2,1H3,(H,18,19)/t10-/m1/s1. The summed E-state index contributed by atoms with van der Waals surface area (Å²) >= 11 is 0. The van der Waals surface area contributed by atoms with Crippen LogP contribution in [-0.4, -0.2) is 28.6 Å². The first-order valence-corrected chi connectivity index (χ1v) is 6.55. The first-order chi connectivity index (χ1) is 9.16. The van der Waals surface area contributed by atoms with Crippen molar-refractivity contribution in [1.29, 1.82) is 0 Å². The van der Waals surface area contributed by atoms with E-state index in [0.717, 1.165) is 17.7 Å². The summed E-state index contributed by atoms with van der Waals surface area (Å²) < 4.78 is 0. The number of hydrogen-bond acceptors (Lipinski definition) is 3. The summed E-state index contributed by atoms with van der Waals surface area (Å²) in [5.41, 5.74) is 2.14. The summed E-state index contributed by atoms with van der Waals surface area (Å²) in [6.07, 6.45) is 3.93. The van der Waals surface area contributed by atoms with Crippen LogP contribution in [0, 0.1) is 0 Å². The van der Waals surface area contributed by atoms with Crippen molar-refractivity contribution in [3.8, 4) is 0 Å². The molecule has 19 heavy (non-hydrogen) atoms. The molecule has 1 aliphatic rings. The van der Waals surface area contributed by atoms with Crippen LogP contribution in [0.2, 0.25) is 0 Å². The van der Waals surface area contributed by atoms with Gasteiger partial charge in [-0.25, -0.2) is 4.79 Å². The van der Waals surface area contributed by atoms with Gasteiger partial charge in [0.1, 0.15) is 0 Å². The van der Waals surface area contributed by atoms with Crippen LogP contribution >= 0.6 is 0 Å². The summed E-state index contributed by atoms with van der Waals surface area (Å²) in [7, 11) is 0. The molecule has 1 fully saturated rings. The van der Waals surface area contributed by atoms with Crippen LogP contribution in [0.25, 0.3) is 10.9 Å². The molecule has 0 radical (unpaired) electrons. The summed E-state index contributed by atoms with van der Waals surface area (Å²) in [4.78, 5) is 17.8. The first-order valence-electron chi connectivity index (χ1n) is 6.55. The Morgan fingerprint density at radius 3 is 2.95 bits per heavy atom. The van der Waals surface area contributed by atoms with Gasteiger partial charge in [-0.1, -0.05) is 0 Å². The Morgan fingerprint density at radius 2 is 2.26 bits per heavy atom. The van der Waals surface area contributed by atoms with E-state index in [1.165, 1.54) is 12.8 Å². The van der Waals surface area contributed by atoms with Crippen LogP contribution in [0.3, 0.4) is 0 Å². The van der Waals surface area contributed by atoms with Crippen molar-refractivity contribution in [3.63, 3.8) is 0 Å². The number of benzene rings is 1. The molecule has 1 atom stereocenters. The van der Waals surface area contributed by atoms with Crippen LogP contribution in [0.1, 0.15) is 30.1 Å². The lowest BCUT2D eigenvalue weighted by atomic mass is 10.1. The Balaban J connectivity index is 2.13. The molecule has 3 rings (SSSR count). The predicted molar refractivity (Wildman–Crippen MR) is 74.7 cm³/mol. The molecule has 0 saturated carbocycles. The van der Waals surface area contributed by atoms with Gasteiger partial charge in [-0.3, -0.25) is 4.98 Å². The second-order valence-corrected chi connectivity index (χ2v) is 5.05. The molecule has 2 aromatic rings. The zero-order chi connectivity index (χ0) is 13.4. The number of carboxylic acid groups (broad SMARTS) is 1. The van der Waals surface area contributed by atoms with Gasteiger partial charge in [0, 0.05) is 29.9 Å². The minimum absolute atomic E-state index is 0.318. The van der Waals surface area contributed by atoms with E-state index in [1.807, 2.05) is 18.2 Å². The van der Waals surface area contributed by atoms with Gasteiger partial charge in [0.05, 0.1) is 11.1 Å². The van der Waals surface area contributed by atoms with Gasteiger partial charge in [-0.05, 0) is 44.0 Å². The molecule has 4 nitrogen and oxygen atoms in total. The largest absolute Gasteiger partial charge is 0.478 e. The number of hydrogen-bond donors (Lipinski definition) is 1. The molecule has 1 aromatic carbocycles. The number of anilines is 1. The van der Waals surface area contributed by atoms with Gasteiger partial charge in [0.25, 0.3) is 0 Å². The summed E-state index contributed by atoms with van der Waals surface area (Å²) in [5.74, 6) is -0.904. The van der Waals surface area contributed by atoms with Crippen molar-refractivity contribution in [2.75, 3.05) is 11.4 Å². The molecule has 0 aliphatic carbocycles. The van der Waals surface area contributed by atoms with Gasteiger partial charge in [0.15, 0.2) is 0 Å². The fourth-order valence-corrected chi connectivity index (χ4v) is 2.82. The van der Waals surface area contributed by atoms with Crippen molar-refractivity contribution in [2.45, 2.75) is 25.8 Å². The first kappa shape index (κ1) is 12.0. The maximum atomic E-state index is 11.3. The third kappa shape index (κ3) is 2.03. The predicted octanol–water partition coefficient (Wildman–Crippen LogP) is 2.92. The van der Waals surface area contributed by atoms with Gasteiger partial charge in [-0.2, -0.15) is 0 Å². The third-order valence-electron chi connectivity index (χ3n) is 3.84. The zero-order valence-corrected chi connectivity index (χ0v) is 10.8. The van der Waals surface area contributed by atoms with E-state index in [9.17, 15) is 9.90 Å². The highest BCUT2D eigenvalue weighted by Crippen LogP contribution is 2.29. The van der Waals surface area contributed by atoms with Gasteiger partial charge >= 0.3 is 5.97 Å². The normalized spacial score (nSPS) is 19.0.